The molecule has 0 spiro atoms. The SMILES string of the molecule is O=C(NC1CCCCC1C(=O)NCC(F)(F)C(=O)O)OCC1c2ccccc2-c2ccccc21. The van der Waals surface area contributed by atoms with Crippen molar-refractivity contribution in [2.45, 2.75) is 43.6 Å². The molecular weight excluding hydrogens is 446 g/mol. The van der Waals surface area contributed by atoms with E-state index in [1.165, 1.54) is 0 Å². The quantitative estimate of drug-likeness (QED) is 0.567. The zero-order chi connectivity index (χ0) is 24.3. The number of alkyl halides is 2. The number of ether oxygens (including phenoxy) is 1. The first-order chi connectivity index (χ1) is 16.3. The number of amides is 2. The van der Waals surface area contributed by atoms with E-state index in [9.17, 15) is 23.2 Å². The molecule has 0 saturated heterocycles. The van der Waals surface area contributed by atoms with Crippen LogP contribution in [0.1, 0.15) is 42.7 Å². The summed E-state index contributed by atoms with van der Waals surface area (Å²) < 4.78 is 32.2. The first kappa shape index (κ1) is 23.7. The van der Waals surface area contributed by atoms with Crippen LogP contribution in [0.4, 0.5) is 13.6 Å². The highest BCUT2D eigenvalue weighted by Gasteiger charge is 2.41. The Hall–Kier alpha value is -3.49. The Morgan fingerprint density at radius 2 is 1.56 bits per heavy atom. The molecule has 2 aromatic rings. The molecule has 0 aromatic heterocycles. The molecule has 2 aliphatic rings. The van der Waals surface area contributed by atoms with Gasteiger partial charge < -0.3 is 20.5 Å². The van der Waals surface area contributed by atoms with Gasteiger partial charge in [-0.1, -0.05) is 61.4 Å². The topological polar surface area (TPSA) is 105 Å². The first-order valence-electron chi connectivity index (χ1n) is 11.3. The molecule has 1 fully saturated rings. The van der Waals surface area contributed by atoms with Gasteiger partial charge in [0.25, 0.3) is 0 Å². The van der Waals surface area contributed by atoms with Gasteiger partial charge in [0.1, 0.15) is 6.61 Å². The standard InChI is InChI=1S/C25H26F2N2O5/c26-25(27,23(31)32)14-28-22(30)19-11-5-6-12-21(19)29-24(33)34-13-20-17-9-3-1-7-15(17)16-8-2-4-10-18(16)20/h1-4,7-10,19-21H,5-6,11-14H2,(H,28,30)(H,29,33)(H,31,32). The van der Waals surface area contributed by atoms with Crippen molar-refractivity contribution in [2.24, 2.45) is 5.92 Å². The van der Waals surface area contributed by atoms with Crippen molar-refractivity contribution in [1.82, 2.24) is 10.6 Å². The minimum absolute atomic E-state index is 0.109. The lowest BCUT2D eigenvalue weighted by Gasteiger charge is -2.31. The van der Waals surface area contributed by atoms with Gasteiger partial charge >= 0.3 is 18.0 Å². The minimum Gasteiger partial charge on any atom is -0.477 e. The van der Waals surface area contributed by atoms with E-state index in [-0.39, 0.29) is 12.5 Å². The Kier molecular flexibility index (Phi) is 6.81. The molecule has 180 valence electrons. The van der Waals surface area contributed by atoms with Crippen LogP contribution in [0.2, 0.25) is 0 Å². The van der Waals surface area contributed by atoms with Gasteiger partial charge in [0, 0.05) is 12.0 Å². The molecule has 0 bridgehead atoms. The van der Waals surface area contributed by atoms with Crippen LogP contribution in [-0.2, 0) is 14.3 Å². The van der Waals surface area contributed by atoms with Crippen molar-refractivity contribution in [3.05, 3.63) is 59.7 Å². The van der Waals surface area contributed by atoms with Crippen LogP contribution in [0.15, 0.2) is 48.5 Å². The Labute approximate surface area is 195 Å². The average molecular weight is 472 g/mol. The third-order valence-electron chi connectivity index (χ3n) is 6.55. The van der Waals surface area contributed by atoms with E-state index in [1.54, 1.807) is 0 Å². The summed E-state index contributed by atoms with van der Waals surface area (Å²) >= 11 is 0. The second-order valence-corrected chi connectivity index (χ2v) is 8.69. The summed E-state index contributed by atoms with van der Waals surface area (Å²) in [5, 5.41) is 13.3. The molecule has 3 N–H and O–H groups in total. The number of carboxylic acid groups (broad SMARTS) is 1. The van der Waals surface area contributed by atoms with E-state index in [0.717, 1.165) is 28.7 Å². The van der Waals surface area contributed by atoms with Gasteiger partial charge in [-0.3, -0.25) is 4.79 Å². The molecule has 2 aliphatic carbocycles. The number of halogens is 2. The Balaban J connectivity index is 1.37. The van der Waals surface area contributed by atoms with Gasteiger partial charge in [-0.25, -0.2) is 9.59 Å². The minimum atomic E-state index is -4.06. The number of carboxylic acids is 1. The average Bonchev–Trinajstić information content (AvgIpc) is 3.15. The van der Waals surface area contributed by atoms with Crippen molar-refractivity contribution in [3.63, 3.8) is 0 Å². The third kappa shape index (κ3) is 4.88. The van der Waals surface area contributed by atoms with E-state index < -0.39 is 42.4 Å². The number of alkyl carbamates (subject to hydrolysis) is 1. The molecule has 2 unspecified atom stereocenters. The number of carbonyl (C=O) groups is 3. The molecule has 0 heterocycles. The van der Waals surface area contributed by atoms with Crippen LogP contribution in [0, 0.1) is 5.92 Å². The van der Waals surface area contributed by atoms with Crippen LogP contribution in [0.3, 0.4) is 0 Å². The van der Waals surface area contributed by atoms with Crippen molar-refractivity contribution in [1.29, 1.82) is 0 Å². The molecule has 7 nitrogen and oxygen atoms in total. The number of nitrogens with one attached hydrogen (secondary N) is 2. The summed E-state index contributed by atoms with van der Waals surface area (Å²) in [5.41, 5.74) is 4.36. The van der Waals surface area contributed by atoms with Gasteiger partial charge in [0.15, 0.2) is 0 Å². The lowest BCUT2D eigenvalue weighted by atomic mass is 9.84. The predicted molar refractivity (Wildman–Crippen MR) is 120 cm³/mol. The highest BCUT2D eigenvalue weighted by molar-refractivity contribution is 5.82. The lowest BCUT2D eigenvalue weighted by Crippen LogP contribution is -2.51. The van der Waals surface area contributed by atoms with E-state index in [4.69, 9.17) is 9.84 Å². The smallest absolute Gasteiger partial charge is 0.407 e. The van der Waals surface area contributed by atoms with E-state index in [2.05, 4.69) is 5.32 Å². The van der Waals surface area contributed by atoms with Crippen LogP contribution in [0.25, 0.3) is 11.1 Å². The van der Waals surface area contributed by atoms with E-state index in [0.29, 0.717) is 19.3 Å². The number of rotatable bonds is 7. The molecule has 0 aliphatic heterocycles. The van der Waals surface area contributed by atoms with Crippen molar-refractivity contribution < 1.29 is 33.0 Å². The molecule has 2 atom stereocenters. The third-order valence-corrected chi connectivity index (χ3v) is 6.55. The second-order valence-electron chi connectivity index (χ2n) is 8.69. The Morgan fingerprint density at radius 3 is 2.18 bits per heavy atom. The molecular formula is C25H26F2N2O5. The van der Waals surface area contributed by atoms with Crippen LogP contribution in [-0.4, -0.2) is 48.2 Å². The normalized spacial score (nSPS) is 19.6. The van der Waals surface area contributed by atoms with Crippen molar-refractivity contribution >= 4 is 18.0 Å². The molecule has 2 aromatic carbocycles. The van der Waals surface area contributed by atoms with Gasteiger partial charge in [-0.2, -0.15) is 8.78 Å². The predicted octanol–water partition coefficient (Wildman–Crippen LogP) is 3.92. The molecule has 34 heavy (non-hydrogen) atoms. The molecule has 4 rings (SSSR count). The second kappa shape index (κ2) is 9.79. The highest BCUT2D eigenvalue weighted by Crippen LogP contribution is 2.44. The highest BCUT2D eigenvalue weighted by atomic mass is 19.3. The molecule has 2 amide bonds. The maximum absolute atomic E-state index is 13.3. The lowest BCUT2D eigenvalue weighted by molar-refractivity contribution is -0.164. The maximum atomic E-state index is 13.3. The Bertz CT molecular complexity index is 1040. The fraction of sp³-hybridized carbons (Fsp3) is 0.400. The number of hydrogen-bond acceptors (Lipinski definition) is 4. The summed E-state index contributed by atoms with van der Waals surface area (Å²) in [5.74, 6) is -7.91. The number of carbonyl (C=O) groups excluding carboxylic acids is 2. The fourth-order valence-corrected chi connectivity index (χ4v) is 4.81. The summed E-state index contributed by atoms with van der Waals surface area (Å²) in [6.45, 7) is -1.18. The van der Waals surface area contributed by atoms with Gasteiger partial charge in [0.2, 0.25) is 5.91 Å². The van der Waals surface area contributed by atoms with Gasteiger partial charge in [-0.05, 0) is 35.1 Å². The number of aliphatic carboxylic acids is 1. The van der Waals surface area contributed by atoms with Gasteiger partial charge in [-0.15, -0.1) is 0 Å². The van der Waals surface area contributed by atoms with E-state index in [1.807, 2.05) is 53.8 Å². The molecule has 0 radical (unpaired) electrons. The van der Waals surface area contributed by atoms with E-state index >= 15 is 0 Å². The van der Waals surface area contributed by atoms with Crippen LogP contribution >= 0.6 is 0 Å². The summed E-state index contributed by atoms with van der Waals surface area (Å²) in [6, 6.07) is 15.3. The molecule has 1 saturated carbocycles. The molecule has 9 heteroatoms. The Morgan fingerprint density at radius 1 is 0.971 bits per heavy atom. The van der Waals surface area contributed by atoms with Crippen LogP contribution < -0.4 is 10.6 Å². The van der Waals surface area contributed by atoms with Gasteiger partial charge in [0.05, 0.1) is 12.5 Å². The summed E-state index contributed by atoms with van der Waals surface area (Å²) in [6.07, 6.45) is 1.69. The number of fused-ring (bicyclic) bond motifs is 3. The zero-order valence-corrected chi connectivity index (χ0v) is 18.4. The zero-order valence-electron chi connectivity index (χ0n) is 18.4. The maximum Gasteiger partial charge on any atom is 0.407 e. The monoisotopic (exact) mass is 472 g/mol. The van der Waals surface area contributed by atoms with Crippen LogP contribution in [0.5, 0.6) is 0 Å². The summed E-state index contributed by atoms with van der Waals surface area (Å²) in [7, 11) is 0. The number of hydrogen-bond donors (Lipinski definition) is 3. The van der Waals surface area contributed by atoms with Crippen molar-refractivity contribution in [3.8, 4) is 11.1 Å². The summed E-state index contributed by atoms with van der Waals surface area (Å²) in [4.78, 5) is 35.7. The fourth-order valence-electron chi connectivity index (χ4n) is 4.81. The largest absolute Gasteiger partial charge is 0.477 e. The first-order valence-corrected chi connectivity index (χ1v) is 11.3. The number of benzene rings is 2. The van der Waals surface area contributed by atoms with Crippen molar-refractivity contribution in [2.75, 3.05) is 13.2 Å².